The van der Waals surface area contributed by atoms with Gasteiger partial charge in [0, 0.05) is 24.2 Å². The van der Waals surface area contributed by atoms with E-state index in [1.54, 1.807) is 0 Å². The largest absolute Gasteiger partial charge is 0.347 e. The molecule has 102 valence electrons. The van der Waals surface area contributed by atoms with Gasteiger partial charge in [0.25, 0.3) is 0 Å². The van der Waals surface area contributed by atoms with E-state index in [0.717, 1.165) is 25.4 Å². The number of aromatic nitrogens is 1. The summed E-state index contributed by atoms with van der Waals surface area (Å²) in [6.07, 6.45) is 4.99. The summed E-state index contributed by atoms with van der Waals surface area (Å²) >= 11 is 0. The molecule has 19 heavy (non-hydrogen) atoms. The minimum atomic E-state index is 0.807. The highest BCUT2D eigenvalue weighted by Crippen LogP contribution is 2.28. The number of fused-ring (bicyclic) bond motifs is 1. The van der Waals surface area contributed by atoms with E-state index in [1.165, 1.54) is 40.6 Å². The lowest BCUT2D eigenvalue weighted by molar-refractivity contribution is 0.680. The van der Waals surface area contributed by atoms with Gasteiger partial charge in [-0.1, -0.05) is 25.1 Å². The van der Waals surface area contributed by atoms with E-state index in [-0.39, 0.29) is 0 Å². The third kappa shape index (κ3) is 2.30. The molecular weight excluding hydrogens is 232 g/mol. The minimum Gasteiger partial charge on any atom is -0.347 e. The summed E-state index contributed by atoms with van der Waals surface area (Å²) in [5.41, 5.74) is 5.85. The topological polar surface area (TPSA) is 17.0 Å². The van der Waals surface area contributed by atoms with Crippen molar-refractivity contribution in [2.75, 3.05) is 6.54 Å². The Bertz CT molecular complexity index is 591. The lowest BCUT2D eigenvalue weighted by Gasteiger charge is -2.04. The lowest BCUT2D eigenvalue weighted by atomic mass is 10.0. The molecule has 3 rings (SSSR count). The van der Waals surface area contributed by atoms with Gasteiger partial charge in [0.05, 0.1) is 5.52 Å². The van der Waals surface area contributed by atoms with Crippen LogP contribution in [0.15, 0.2) is 18.2 Å². The molecule has 1 aliphatic rings. The molecule has 0 unspecified atom stereocenters. The summed E-state index contributed by atoms with van der Waals surface area (Å²) in [6.45, 7) is 5.61. The normalized spacial score (nSPS) is 15.3. The molecule has 1 saturated carbocycles. The van der Waals surface area contributed by atoms with Crippen molar-refractivity contribution in [1.29, 1.82) is 0 Å². The minimum absolute atomic E-state index is 0.807. The molecule has 1 N–H and O–H groups in total. The maximum atomic E-state index is 3.63. The third-order valence-electron chi connectivity index (χ3n) is 4.49. The zero-order valence-corrected chi connectivity index (χ0v) is 12.3. The van der Waals surface area contributed by atoms with Crippen molar-refractivity contribution in [1.82, 2.24) is 9.88 Å². The van der Waals surface area contributed by atoms with Gasteiger partial charge >= 0.3 is 0 Å². The second kappa shape index (κ2) is 5.01. The Hall–Kier alpha value is -1.28. The van der Waals surface area contributed by atoms with Crippen LogP contribution in [-0.2, 0) is 19.9 Å². The molecule has 0 radical (unpaired) electrons. The number of rotatable bonds is 5. The highest BCUT2D eigenvalue weighted by Gasteiger charge is 2.20. The molecule has 2 heteroatoms. The van der Waals surface area contributed by atoms with Crippen molar-refractivity contribution in [2.45, 2.75) is 45.6 Å². The molecule has 1 heterocycles. The molecule has 1 aromatic heterocycles. The van der Waals surface area contributed by atoms with Crippen LogP contribution in [0.3, 0.4) is 0 Å². The fourth-order valence-electron chi connectivity index (χ4n) is 3.09. The molecule has 0 bridgehead atoms. The highest BCUT2D eigenvalue weighted by molar-refractivity contribution is 5.88. The first-order chi connectivity index (χ1) is 9.22. The van der Waals surface area contributed by atoms with Crippen molar-refractivity contribution >= 4 is 10.9 Å². The highest BCUT2D eigenvalue weighted by atomic mass is 15.0. The van der Waals surface area contributed by atoms with Gasteiger partial charge < -0.3 is 9.88 Å². The number of nitrogens with zero attached hydrogens (tertiary/aromatic N) is 1. The zero-order chi connectivity index (χ0) is 13.4. The predicted molar refractivity (Wildman–Crippen MR) is 81.8 cm³/mol. The van der Waals surface area contributed by atoms with Gasteiger partial charge in [-0.15, -0.1) is 0 Å². The molecule has 0 saturated heterocycles. The van der Waals surface area contributed by atoms with Gasteiger partial charge in [0.1, 0.15) is 0 Å². The van der Waals surface area contributed by atoms with E-state index < -0.39 is 0 Å². The monoisotopic (exact) mass is 256 g/mol. The smallest absolute Gasteiger partial charge is 0.0515 e. The van der Waals surface area contributed by atoms with Crippen LogP contribution in [0.25, 0.3) is 10.9 Å². The average molecular weight is 256 g/mol. The van der Waals surface area contributed by atoms with E-state index in [4.69, 9.17) is 0 Å². The van der Waals surface area contributed by atoms with Crippen LogP contribution in [0.2, 0.25) is 0 Å². The second-order valence-corrected chi connectivity index (χ2v) is 5.77. The summed E-state index contributed by atoms with van der Waals surface area (Å²) in [5, 5.41) is 5.08. The van der Waals surface area contributed by atoms with Crippen LogP contribution in [0, 0.1) is 6.92 Å². The van der Waals surface area contributed by atoms with Crippen LogP contribution < -0.4 is 5.32 Å². The molecule has 1 aliphatic carbocycles. The van der Waals surface area contributed by atoms with Crippen molar-refractivity contribution in [3.8, 4) is 0 Å². The SMILES string of the molecule is CCc1cccc2c(CCNC3CC3)c(C)n(C)c12. The van der Waals surface area contributed by atoms with Crippen molar-refractivity contribution < 1.29 is 0 Å². The average Bonchev–Trinajstić information content (AvgIpc) is 3.21. The molecule has 2 nitrogen and oxygen atoms in total. The Morgan fingerprint density at radius 1 is 1.32 bits per heavy atom. The zero-order valence-electron chi connectivity index (χ0n) is 12.3. The van der Waals surface area contributed by atoms with Crippen molar-refractivity contribution in [3.05, 3.63) is 35.0 Å². The molecule has 0 spiro atoms. The van der Waals surface area contributed by atoms with E-state index in [2.05, 4.69) is 49.0 Å². The number of hydrogen-bond donors (Lipinski definition) is 1. The summed E-state index contributed by atoms with van der Waals surface area (Å²) < 4.78 is 2.38. The number of para-hydroxylation sites is 1. The van der Waals surface area contributed by atoms with Crippen molar-refractivity contribution in [3.63, 3.8) is 0 Å². The van der Waals surface area contributed by atoms with Gasteiger partial charge in [0.15, 0.2) is 0 Å². The number of benzene rings is 1. The Morgan fingerprint density at radius 3 is 2.79 bits per heavy atom. The third-order valence-corrected chi connectivity index (χ3v) is 4.49. The molecule has 1 fully saturated rings. The number of nitrogens with one attached hydrogen (secondary N) is 1. The van der Waals surface area contributed by atoms with Gasteiger partial charge in [-0.05, 0) is 50.3 Å². The van der Waals surface area contributed by atoms with E-state index in [1.807, 2.05) is 0 Å². The first-order valence-corrected chi connectivity index (χ1v) is 7.51. The second-order valence-electron chi connectivity index (χ2n) is 5.77. The molecule has 0 atom stereocenters. The summed E-state index contributed by atoms with van der Waals surface area (Å²) in [5.74, 6) is 0. The maximum absolute atomic E-state index is 3.63. The summed E-state index contributed by atoms with van der Waals surface area (Å²) in [7, 11) is 2.20. The molecule has 2 aromatic rings. The summed E-state index contributed by atoms with van der Waals surface area (Å²) in [4.78, 5) is 0. The van der Waals surface area contributed by atoms with E-state index in [0.29, 0.717) is 0 Å². The Kier molecular flexibility index (Phi) is 3.36. The molecule has 0 aliphatic heterocycles. The maximum Gasteiger partial charge on any atom is 0.0515 e. The lowest BCUT2D eigenvalue weighted by Crippen LogP contribution is -2.19. The van der Waals surface area contributed by atoms with Crippen molar-refractivity contribution in [2.24, 2.45) is 7.05 Å². The number of hydrogen-bond acceptors (Lipinski definition) is 1. The molecule has 1 aromatic carbocycles. The van der Waals surface area contributed by atoms with Gasteiger partial charge in [-0.25, -0.2) is 0 Å². The van der Waals surface area contributed by atoms with Crippen LogP contribution in [0.4, 0.5) is 0 Å². The van der Waals surface area contributed by atoms with E-state index in [9.17, 15) is 0 Å². The summed E-state index contributed by atoms with van der Waals surface area (Å²) in [6, 6.07) is 7.56. The van der Waals surface area contributed by atoms with Gasteiger partial charge in [0.2, 0.25) is 0 Å². The Morgan fingerprint density at radius 2 is 2.11 bits per heavy atom. The van der Waals surface area contributed by atoms with Crippen LogP contribution in [0.1, 0.15) is 36.6 Å². The predicted octanol–water partition coefficient (Wildman–Crippen LogP) is 3.34. The first kappa shape index (κ1) is 12.7. The quantitative estimate of drug-likeness (QED) is 0.868. The first-order valence-electron chi connectivity index (χ1n) is 7.51. The number of aryl methyl sites for hydroxylation is 2. The van der Waals surface area contributed by atoms with E-state index >= 15 is 0 Å². The standard InChI is InChI=1S/C17H24N2/c1-4-13-6-5-7-16-15(10-11-18-14-8-9-14)12(2)19(3)17(13)16/h5-7,14,18H,4,8-11H2,1-3H3. The van der Waals surface area contributed by atoms with Crippen LogP contribution in [0.5, 0.6) is 0 Å². The Labute approximate surface area is 115 Å². The van der Waals surface area contributed by atoms with Gasteiger partial charge in [-0.3, -0.25) is 0 Å². The van der Waals surface area contributed by atoms with Gasteiger partial charge in [-0.2, -0.15) is 0 Å². The molecule has 0 amide bonds. The fraction of sp³-hybridized carbons (Fsp3) is 0.529. The Balaban J connectivity index is 1.95. The van der Waals surface area contributed by atoms with Crippen LogP contribution in [-0.4, -0.2) is 17.2 Å². The van der Waals surface area contributed by atoms with Crippen LogP contribution >= 0.6 is 0 Å². The molecular formula is C17H24N2. The fourth-order valence-corrected chi connectivity index (χ4v) is 3.09.